The molecule has 0 fully saturated rings. The van der Waals surface area contributed by atoms with Gasteiger partial charge in [-0.15, -0.1) is 0 Å². The summed E-state index contributed by atoms with van der Waals surface area (Å²) in [5.74, 6) is 0. The monoisotopic (exact) mass is 306 g/mol. The predicted molar refractivity (Wildman–Crippen MR) is 77.9 cm³/mol. The Bertz CT molecular complexity index is 457. The lowest BCUT2D eigenvalue weighted by Gasteiger charge is -2.02. The summed E-state index contributed by atoms with van der Waals surface area (Å²) in [6.45, 7) is 3.02. The van der Waals surface area contributed by atoms with Crippen molar-refractivity contribution in [3.05, 3.63) is 12.5 Å². The maximum Gasteiger partial charge on any atom is 0.280 e. The van der Waals surface area contributed by atoms with Crippen LogP contribution in [0, 0.1) is 0 Å². The Kier molecular flexibility index (Phi) is 7.46. The van der Waals surface area contributed by atoms with Crippen LogP contribution in [0.4, 0.5) is 0 Å². The highest BCUT2D eigenvalue weighted by molar-refractivity contribution is 8.13. The fraction of sp³-hybridized carbons (Fsp3) is 0.769. The molecule has 0 bridgehead atoms. The zero-order valence-corrected chi connectivity index (χ0v) is 13.1. The van der Waals surface area contributed by atoms with Crippen LogP contribution >= 0.6 is 10.7 Å². The first kappa shape index (κ1) is 16.5. The number of aryl methyl sites for hydroxylation is 1. The Morgan fingerprint density at radius 1 is 1.11 bits per heavy atom. The molecule has 0 aliphatic carbocycles. The maximum absolute atomic E-state index is 11.0. The van der Waals surface area contributed by atoms with Crippen molar-refractivity contribution in [1.82, 2.24) is 9.55 Å². The van der Waals surface area contributed by atoms with E-state index in [2.05, 4.69) is 11.9 Å². The smallest absolute Gasteiger partial charge is 0.280 e. The number of rotatable bonds is 10. The Labute approximate surface area is 120 Å². The van der Waals surface area contributed by atoms with Crippen molar-refractivity contribution in [2.45, 2.75) is 69.9 Å². The number of hydrogen-bond donors (Lipinski definition) is 0. The Hall–Kier alpha value is -0.550. The predicted octanol–water partition coefficient (Wildman–Crippen LogP) is 3.95. The maximum atomic E-state index is 11.0. The third-order valence-electron chi connectivity index (χ3n) is 3.13. The fourth-order valence-electron chi connectivity index (χ4n) is 2.02. The average molecular weight is 307 g/mol. The van der Waals surface area contributed by atoms with E-state index < -0.39 is 9.05 Å². The molecular weight excluding hydrogens is 284 g/mol. The lowest BCUT2D eigenvalue weighted by molar-refractivity contribution is 0.543. The van der Waals surface area contributed by atoms with E-state index >= 15 is 0 Å². The highest BCUT2D eigenvalue weighted by Gasteiger charge is 2.12. The average Bonchev–Trinajstić information content (AvgIpc) is 2.81. The van der Waals surface area contributed by atoms with E-state index in [1.165, 1.54) is 57.5 Å². The summed E-state index contributed by atoms with van der Waals surface area (Å²) in [6, 6.07) is 0. The van der Waals surface area contributed by atoms with Gasteiger partial charge in [0.25, 0.3) is 9.05 Å². The molecule has 0 aliphatic heterocycles. The van der Waals surface area contributed by atoms with Crippen molar-refractivity contribution < 1.29 is 8.42 Å². The first-order valence-electron chi connectivity index (χ1n) is 7.00. The molecule has 110 valence electrons. The standard InChI is InChI=1S/C13H23ClN2O2S/c1-2-3-4-5-6-7-8-9-10-16-11-13(15-12-16)19(14,17)18/h11-12H,2-10H2,1H3. The van der Waals surface area contributed by atoms with E-state index in [0.717, 1.165) is 13.0 Å². The van der Waals surface area contributed by atoms with E-state index in [1.807, 2.05) is 0 Å². The van der Waals surface area contributed by atoms with Gasteiger partial charge in [0.15, 0.2) is 5.03 Å². The van der Waals surface area contributed by atoms with Crippen LogP contribution in [0.1, 0.15) is 58.3 Å². The highest BCUT2D eigenvalue weighted by Crippen LogP contribution is 2.13. The summed E-state index contributed by atoms with van der Waals surface area (Å²) in [5, 5.41) is -0.0614. The minimum atomic E-state index is -3.69. The van der Waals surface area contributed by atoms with Crippen molar-refractivity contribution in [2.75, 3.05) is 0 Å². The first-order valence-corrected chi connectivity index (χ1v) is 9.31. The zero-order valence-electron chi connectivity index (χ0n) is 11.5. The van der Waals surface area contributed by atoms with Crippen LogP contribution in [0.2, 0.25) is 0 Å². The second-order valence-electron chi connectivity index (χ2n) is 4.86. The van der Waals surface area contributed by atoms with E-state index in [9.17, 15) is 8.42 Å². The second-order valence-corrected chi connectivity index (χ2v) is 7.38. The van der Waals surface area contributed by atoms with Crippen LogP contribution in [0.25, 0.3) is 0 Å². The van der Waals surface area contributed by atoms with Crippen LogP contribution < -0.4 is 0 Å². The summed E-state index contributed by atoms with van der Waals surface area (Å²) in [5.41, 5.74) is 0. The number of unbranched alkanes of at least 4 members (excludes halogenated alkanes) is 7. The van der Waals surface area contributed by atoms with Crippen LogP contribution in [0.15, 0.2) is 17.6 Å². The quantitative estimate of drug-likeness (QED) is 0.486. The van der Waals surface area contributed by atoms with Crippen molar-refractivity contribution in [2.24, 2.45) is 0 Å². The number of hydrogen-bond acceptors (Lipinski definition) is 3. The minimum Gasteiger partial charge on any atom is -0.336 e. The Morgan fingerprint density at radius 3 is 2.21 bits per heavy atom. The van der Waals surface area contributed by atoms with Gasteiger partial charge >= 0.3 is 0 Å². The van der Waals surface area contributed by atoms with E-state index in [1.54, 1.807) is 4.57 Å². The summed E-state index contributed by atoms with van der Waals surface area (Å²) < 4.78 is 23.9. The summed E-state index contributed by atoms with van der Waals surface area (Å²) >= 11 is 0. The van der Waals surface area contributed by atoms with Crippen molar-refractivity contribution in [3.63, 3.8) is 0 Å². The molecule has 0 spiro atoms. The number of nitrogens with zero attached hydrogens (tertiary/aromatic N) is 2. The lowest BCUT2D eigenvalue weighted by atomic mass is 10.1. The molecular formula is C13H23ClN2O2S. The molecule has 0 amide bonds. The molecule has 0 aliphatic rings. The van der Waals surface area contributed by atoms with E-state index in [4.69, 9.17) is 10.7 Å². The number of aromatic nitrogens is 2. The lowest BCUT2D eigenvalue weighted by Crippen LogP contribution is -1.95. The summed E-state index contributed by atoms with van der Waals surface area (Å²) in [4.78, 5) is 3.78. The normalized spacial score (nSPS) is 11.9. The van der Waals surface area contributed by atoms with Gasteiger partial charge in [-0.2, -0.15) is 0 Å². The molecule has 1 rings (SSSR count). The third kappa shape index (κ3) is 6.97. The molecule has 1 heterocycles. The SMILES string of the molecule is CCCCCCCCCCn1cnc(S(=O)(=O)Cl)c1. The molecule has 0 radical (unpaired) electrons. The van der Waals surface area contributed by atoms with Crippen molar-refractivity contribution in [3.8, 4) is 0 Å². The molecule has 4 nitrogen and oxygen atoms in total. The molecule has 1 aromatic heterocycles. The molecule has 0 N–H and O–H groups in total. The largest absolute Gasteiger partial charge is 0.336 e. The van der Waals surface area contributed by atoms with Gasteiger partial charge in [-0.25, -0.2) is 13.4 Å². The third-order valence-corrected chi connectivity index (χ3v) is 4.31. The van der Waals surface area contributed by atoms with Gasteiger partial charge in [0, 0.05) is 23.4 Å². The van der Waals surface area contributed by atoms with Crippen LogP contribution in [0.5, 0.6) is 0 Å². The summed E-state index contributed by atoms with van der Waals surface area (Å²) in [6.07, 6.45) is 13.1. The van der Waals surface area contributed by atoms with Gasteiger partial charge in [0.05, 0.1) is 6.33 Å². The number of halogens is 1. The molecule has 0 atom stereocenters. The molecule has 0 saturated heterocycles. The topological polar surface area (TPSA) is 52.0 Å². The fourth-order valence-corrected chi connectivity index (χ4v) is 2.69. The molecule has 0 aromatic carbocycles. The first-order chi connectivity index (χ1) is 9.04. The zero-order chi connectivity index (χ0) is 14.1. The van der Waals surface area contributed by atoms with E-state index in [0.29, 0.717) is 0 Å². The summed E-state index contributed by atoms with van der Waals surface area (Å²) in [7, 11) is 1.52. The van der Waals surface area contributed by atoms with Gasteiger partial charge in [-0.1, -0.05) is 51.9 Å². The molecule has 0 saturated carbocycles. The Morgan fingerprint density at radius 2 is 1.68 bits per heavy atom. The highest BCUT2D eigenvalue weighted by atomic mass is 35.7. The van der Waals surface area contributed by atoms with Gasteiger partial charge in [0.2, 0.25) is 0 Å². The van der Waals surface area contributed by atoms with Gasteiger partial charge in [0.1, 0.15) is 0 Å². The van der Waals surface area contributed by atoms with Crippen LogP contribution in [0.3, 0.4) is 0 Å². The molecule has 0 unspecified atom stereocenters. The molecule has 1 aromatic rings. The van der Waals surface area contributed by atoms with Crippen LogP contribution in [-0.4, -0.2) is 18.0 Å². The molecule has 6 heteroatoms. The Balaban J connectivity index is 2.11. The number of imidazole rings is 1. The minimum absolute atomic E-state index is 0.0614. The van der Waals surface area contributed by atoms with Crippen LogP contribution in [-0.2, 0) is 15.6 Å². The van der Waals surface area contributed by atoms with E-state index in [-0.39, 0.29) is 5.03 Å². The van der Waals surface area contributed by atoms with Crippen molar-refractivity contribution in [1.29, 1.82) is 0 Å². The van der Waals surface area contributed by atoms with Gasteiger partial charge in [-0.05, 0) is 6.42 Å². The second kappa shape index (κ2) is 8.59. The van der Waals surface area contributed by atoms with Crippen molar-refractivity contribution >= 4 is 19.7 Å². The van der Waals surface area contributed by atoms with Gasteiger partial charge < -0.3 is 4.57 Å². The van der Waals surface area contributed by atoms with Gasteiger partial charge in [-0.3, -0.25) is 0 Å². The molecule has 19 heavy (non-hydrogen) atoms.